The Morgan fingerprint density at radius 1 is 1.12 bits per heavy atom. The van der Waals surface area contributed by atoms with Crippen LogP contribution in [0.4, 0.5) is 0 Å². The zero-order valence-electron chi connectivity index (χ0n) is 5.40. The van der Waals surface area contributed by atoms with Crippen LogP contribution in [0.15, 0.2) is 39.0 Å². The highest BCUT2D eigenvalue weighted by molar-refractivity contribution is 4.64. The van der Waals surface area contributed by atoms with Gasteiger partial charge in [0.15, 0.2) is 0 Å². The van der Waals surface area contributed by atoms with E-state index in [4.69, 9.17) is 5.73 Å². The first-order valence-electron chi connectivity index (χ1n) is 2.22. The number of nitrogens with two attached hydrogens (primary N) is 1. The van der Waals surface area contributed by atoms with Crippen LogP contribution in [0.3, 0.4) is 0 Å². The fourth-order valence-corrected chi connectivity index (χ4v) is 0. The summed E-state index contributed by atoms with van der Waals surface area (Å²) in [5.74, 6) is 0. The van der Waals surface area contributed by atoms with Gasteiger partial charge in [-0.15, -0.1) is 32.9 Å². The van der Waals surface area contributed by atoms with Crippen molar-refractivity contribution in [3.05, 3.63) is 39.0 Å². The van der Waals surface area contributed by atoms with Crippen molar-refractivity contribution in [2.45, 2.75) is 0 Å². The summed E-state index contributed by atoms with van der Waals surface area (Å²) in [7, 11) is 0. The van der Waals surface area contributed by atoms with E-state index >= 15 is 0 Å². The van der Waals surface area contributed by atoms with Crippen LogP contribution in [0, 0.1) is 0 Å². The SMILES string of the molecule is C=C.C=C.C=CCN. The van der Waals surface area contributed by atoms with Crippen molar-refractivity contribution in [3.8, 4) is 0 Å². The van der Waals surface area contributed by atoms with E-state index in [1.54, 1.807) is 6.08 Å². The van der Waals surface area contributed by atoms with Gasteiger partial charge in [-0.25, -0.2) is 0 Å². The predicted octanol–water partition coefficient (Wildman–Crippen LogP) is 1.74. The highest BCUT2D eigenvalue weighted by atomic mass is 14.5. The second-order valence-electron chi connectivity index (χ2n) is 0.524. The Hall–Kier alpha value is -0.820. The molecule has 8 heavy (non-hydrogen) atoms. The van der Waals surface area contributed by atoms with Crippen molar-refractivity contribution in [1.82, 2.24) is 0 Å². The van der Waals surface area contributed by atoms with Gasteiger partial charge in [0.1, 0.15) is 0 Å². The summed E-state index contributed by atoms with van der Waals surface area (Å²) < 4.78 is 0. The molecule has 0 atom stereocenters. The van der Waals surface area contributed by atoms with E-state index in [0.717, 1.165) is 0 Å². The molecule has 0 rings (SSSR count). The summed E-state index contributed by atoms with van der Waals surface area (Å²) in [6.45, 7) is 15.9. The third-order valence-corrected chi connectivity index (χ3v) is 0.167. The van der Waals surface area contributed by atoms with Crippen LogP contribution in [-0.4, -0.2) is 6.54 Å². The molecule has 0 fully saturated rings. The second kappa shape index (κ2) is 119. The first-order valence-corrected chi connectivity index (χ1v) is 2.22. The zero-order chi connectivity index (χ0) is 7.41. The molecule has 0 aromatic rings. The number of hydrogen-bond acceptors (Lipinski definition) is 1. The van der Waals surface area contributed by atoms with Gasteiger partial charge in [0, 0.05) is 6.54 Å². The van der Waals surface area contributed by atoms with Gasteiger partial charge in [-0.3, -0.25) is 0 Å². The number of hydrogen-bond donors (Lipinski definition) is 1. The third kappa shape index (κ3) is 2790. The third-order valence-electron chi connectivity index (χ3n) is 0.167. The molecule has 48 valence electrons. The van der Waals surface area contributed by atoms with E-state index in [0.29, 0.717) is 6.54 Å². The maximum Gasteiger partial charge on any atom is 0.0104 e. The Kier molecular flexibility index (Phi) is 234. The van der Waals surface area contributed by atoms with E-state index in [2.05, 4.69) is 32.9 Å². The minimum absolute atomic E-state index is 0.583. The lowest BCUT2D eigenvalue weighted by molar-refractivity contribution is 1.26. The molecule has 0 aliphatic rings. The molecule has 0 amide bonds. The Balaban J connectivity index is -0.0000000542. The van der Waals surface area contributed by atoms with E-state index < -0.39 is 0 Å². The molecule has 1 nitrogen and oxygen atoms in total. The maximum absolute atomic E-state index is 4.91. The predicted molar refractivity (Wildman–Crippen MR) is 41.8 cm³/mol. The lowest BCUT2D eigenvalue weighted by Gasteiger charge is -1.61. The average Bonchev–Trinajstić information content (AvgIpc) is 1.96. The van der Waals surface area contributed by atoms with E-state index in [9.17, 15) is 0 Å². The van der Waals surface area contributed by atoms with Gasteiger partial charge in [0.05, 0.1) is 0 Å². The van der Waals surface area contributed by atoms with E-state index in [1.165, 1.54) is 0 Å². The highest BCUT2D eigenvalue weighted by Crippen LogP contribution is 1.40. The van der Waals surface area contributed by atoms with Crippen LogP contribution in [-0.2, 0) is 0 Å². The van der Waals surface area contributed by atoms with Crippen molar-refractivity contribution < 1.29 is 0 Å². The zero-order valence-corrected chi connectivity index (χ0v) is 5.40. The fourth-order valence-electron chi connectivity index (χ4n) is 0. The minimum atomic E-state index is 0.583. The van der Waals surface area contributed by atoms with Crippen LogP contribution >= 0.6 is 0 Å². The van der Waals surface area contributed by atoms with Gasteiger partial charge >= 0.3 is 0 Å². The Morgan fingerprint density at radius 3 is 1.25 bits per heavy atom. The van der Waals surface area contributed by atoms with Gasteiger partial charge in [0.25, 0.3) is 0 Å². The summed E-state index contributed by atoms with van der Waals surface area (Å²) in [4.78, 5) is 0. The van der Waals surface area contributed by atoms with Crippen LogP contribution in [0.5, 0.6) is 0 Å². The van der Waals surface area contributed by atoms with Gasteiger partial charge in [-0.1, -0.05) is 6.08 Å². The molecule has 0 spiro atoms. The number of rotatable bonds is 1. The molecule has 0 aromatic heterocycles. The second-order valence-corrected chi connectivity index (χ2v) is 0.524. The maximum atomic E-state index is 4.91. The van der Waals surface area contributed by atoms with Gasteiger partial charge in [-0.2, -0.15) is 0 Å². The molecule has 0 saturated carbocycles. The molecule has 0 radical (unpaired) electrons. The molecule has 0 aromatic carbocycles. The van der Waals surface area contributed by atoms with Crippen LogP contribution in [0.1, 0.15) is 0 Å². The molecular weight excluding hydrogens is 98.1 g/mol. The lowest BCUT2D eigenvalue weighted by atomic mass is 10.7. The van der Waals surface area contributed by atoms with Crippen molar-refractivity contribution in [3.63, 3.8) is 0 Å². The average molecular weight is 113 g/mol. The van der Waals surface area contributed by atoms with Crippen molar-refractivity contribution in [2.75, 3.05) is 6.54 Å². The van der Waals surface area contributed by atoms with Crippen molar-refractivity contribution in [1.29, 1.82) is 0 Å². The fraction of sp³-hybridized carbons (Fsp3) is 0.143. The van der Waals surface area contributed by atoms with Crippen molar-refractivity contribution in [2.24, 2.45) is 5.73 Å². The minimum Gasteiger partial charge on any atom is -0.327 e. The molecule has 0 aliphatic carbocycles. The van der Waals surface area contributed by atoms with Crippen LogP contribution < -0.4 is 5.73 Å². The van der Waals surface area contributed by atoms with Gasteiger partial charge in [0.2, 0.25) is 0 Å². The normalized spacial score (nSPS) is 4.12. The smallest absolute Gasteiger partial charge is 0.0104 e. The van der Waals surface area contributed by atoms with E-state index in [1.807, 2.05) is 0 Å². The molecule has 0 saturated heterocycles. The molecule has 1 heteroatoms. The molecule has 0 unspecified atom stereocenters. The molecule has 0 bridgehead atoms. The summed E-state index contributed by atoms with van der Waals surface area (Å²) >= 11 is 0. The lowest BCUT2D eigenvalue weighted by Crippen LogP contribution is -1.90. The monoisotopic (exact) mass is 113 g/mol. The molecule has 0 heterocycles. The first-order chi connectivity index (χ1) is 3.91. The van der Waals surface area contributed by atoms with Crippen LogP contribution in [0.25, 0.3) is 0 Å². The standard InChI is InChI=1S/C3H7N.2C2H4/c1-2-3-4;2*1-2/h2H,1,3-4H2;2*1-2H2. The summed E-state index contributed by atoms with van der Waals surface area (Å²) in [5, 5.41) is 0. The Bertz CT molecular complexity index is 31.4. The first kappa shape index (κ1) is 15.7. The summed E-state index contributed by atoms with van der Waals surface area (Å²) in [6, 6.07) is 0. The Labute approximate surface area is 52.2 Å². The molecular formula is C7H15N. The van der Waals surface area contributed by atoms with Crippen molar-refractivity contribution >= 4 is 0 Å². The highest BCUT2D eigenvalue weighted by Gasteiger charge is 1.43. The van der Waals surface area contributed by atoms with E-state index in [-0.39, 0.29) is 0 Å². The molecule has 2 N–H and O–H groups in total. The summed E-state index contributed by atoms with van der Waals surface area (Å²) in [6.07, 6.45) is 1.65. The summed E-state index contributed by atoms with van der Waals surface area (Å²) in [5.41, 5.74) is 4.91. The largest absolute Gasteiger partial charge is 0.327 e. The quantitative estimate of drug-likeness (QED) is 0.515. The van der Waals surface area contributed by atoms with Gasteiger partial charge in [-0.05, 0) is 0 Å². The van der Waals surface area contributed by atoms with Crippen LogP contribution in [0.2, 0.25) is 0 Å². The molecule has 0 aliphatic heterocycles. The van der Waals surface area contributed by atoms with Gasteiger partial charge < -0.3 is 5.73 Å². The Morgan fingerprint density at radius 2 is 1.25 bits per heavy atom. The topological polar surface area (TPSA) is 26.0 Å².